The largest absolute Gasteiger partial charge is 0.339 e. The third kappa shape index (κ3) is 2.65. The van der Waals surface area contributed by atoms with Crippen LogP contribution in [-0.2, 0) is 0 Å². The molecule has 0 spiro atoms. The Morgan fingerprint density at radius 3 is 2.69 bits per heavy atom. The topological polar surface area (TPSA) is 54.7 Å². The minimum absolute atomic E-state index is 0.141. The van der Waals surface area contributed by atoms with Crippen molar-refractivity contribution in [2.45, 2.75) is 29.4 Å². The van der Waals surface area contributed by atoms with Crippen LogP contribution in [0.4, 0.5) is 0 Å². The lowest BCUT2D eigenvalue weighted by Crippen LogP contribution is -2.07. The van der Waals surface area contributed by atoms with Crippen LogP contribution in [0.3, 0.4) is 0 Å². The van der Waals surface area contributed by atoms with Gasteiger partial charge in [0.25, 0.3) is 0 Å². The van der Waals surface area contributed by atoms with E-state index in [-0.39, 0.29) is 6.04 Å². The van der Waals surface area contributed by atoms with E-state index in [1.165, 1.54) is 10.5 Å². The Kier molecular flexibility index (Phi) is 3.64. The molecule has 0 radical (unpaired) electrons. The number of aromatic amines is 1. The first-order valence-corrected chi connectivity index (χ1v) is 6.14. The number of hydrogen-bond acceptors (Lipinski definition) is 3. The third-order valence-corrected chi connectivity index (χ3v) is 3.36. The molecule has 3 N–H and O–H groups in total. The van der Waals surface area contributed by atoms with Crippen molar-refractivity contribution in [2.75, 3.05) is 0 Å². The number of aromatic nitrogens is 2. The molecule has 16 heavy (non-hydrogen) atoms. The molecule has 1 aromatic carbocycles. The van der Waals surface area contributed by atoms with E-state index >= 15 is 0 Å². The van der Waals surface area contributed by atoms with E-state index in [2.05, 4.69) is 41.2 Å². The molecule has 2 rings (SSSR count). The number of hydrogen-bond donors (Lipinski definition) is 2. The number of nitrogens with two attached hydrogens (primary N) is 1. The van der Waals surface area contributed by atoms with Crippen molar-refractivity contribution >= 4 is 11.8 Å². The molecular weight excluding hydrogens is 218 g/mol. The summed E-state index contributed by atoms with van der Waals surface area (Å²) in [5.41, 5.74) is 7.14. The molecule has 0 saturated carbocycles. The van der Waals surface area contributed by atoms with Crippen molar-refractivity contribution < 1.29 is 0 Å². The lowest BCUT2D eigenvalue weighted by atomic mass is 10.1. The molecule has 1 aromatic heterocycles. The number of rotatable bonds is 4. The quantitative estimate of drug-likeness (QED) is 0.853. The molecule has 0 aliphatic heterocycles. The smallest absolute Gasteiger partial charge is 0.170 e. The van der Waals surface area contributed by atoms with Gasteiger partial charge in [-0.1, -0.05) is 30.8 Å². The van der Waals surface area contributed by atoms with E-state index < -0.39 is 0 Å². The Morgan fingerprint density at radius 1 is 1.38 bits per heavy atom. The molecule has 0 fully saturated rings. The second-order valence-corrected chi connectivity index (χ2v) is 4.64. The molecule has 0 amide bonds. The molecular formula is C12H15N3S. The Labute approximate surface area is 99.5 Å². The molecule has 1 atom stereocenters. The highest BCUT2D eigenvalue weighted by Crippen LogP contribution is 2.25. The predicted molar refractivity (Wildman–Crippen MR) is 66.4 cm³/mol. The summed E-state index contributed by atoms with van der Waals surface area (Å²) in [6.07, 6.45) is 4.54. The van der Waals surface area contributed by atoms with Gasteiger partial charge < -0.3 is 10.7 Å². The summed E-state index contributed by atoms with van der Waals surface area (Å²) < 4.78 is 0. The highest BCUT2D eigenvalue weighted by Gasteiger charge is 2.03. The van der Waals surface area contributed by atoms with Crippen LogP contribution in [0, 0.1) is 0 Å². The van der Waals surface area contributed by atoms with E-state index in [1.54, 1.807) is 18.0 Å². The van der Waals surface area contributed by atoms with Gasteiger partial charge in [-0.2, -0.15) is 0 Å². The van der Waals surface area contributed by atoms with Gasteiger partial charge in [0.15, 0.2) is 5.16 Å². The SMILES string of the molecule is CC[C@@H](N)c1ccc(Sc2ncc[nH]2)cc1. The van der Waals surface area contributed by atoms with Gasteiger partial charge >= 0.3 is 0 Å². The van der Waals surface area contributed by atoms with Crippen LogP contribution in [0.1, 0.15) is 24.9 Å². The Morgan fingerprint density at radius 2 is 2.12 bits per heavy atom. The summed E-state index contributed by atoms with van der Waals surface area (Å²) in [4.78, 5) is 8.40. The zero-order valence-electron chi connectivity index (χ0n) is 9.18. The van der Waals surface area contributed by atoms with Crippen LogP contribution < -0.4 is 5.73 Å². The van der Waals surface area contributed by atoms with Gasteiger partial charge in [0.05, 0.1) is 0 Å². The molecule has 0 unspecified atom stereocenters. The van der Waals surface area contributed by atoms with Crippen molar-refractivity contribution in [1.82, 2.24) is 9.97 Å². The summed E-state index contributed by atoms with van der Waals surface area (Å²) in [5.74, 6) is 0. The molecule has 84 valence electrons. The minimum atomic E-state index is 0.141. The van der Waals surface area contributed by atoms with E-state index in [0.717, 1.165) is 11.6 Å². The molecule has 0 aliphatic carbocycles. The third-order valence-electron chi connectivity index (χ3n) is 2.44. The van der Waals surface area contributed by atoms with E-state index in [0.29, 0.717) is 0 Å². The number of nitrogens with zero attached hydrogens (tertiary/aromatic N) is 1. The fourth-order valence-electron chi connectivity index (χ4n) is 1.44. The maximum absolute atomic E-state index is 5.96. The van der Waals surface area contributed by atoms with Crippen molar-refractivity contribution in [3.05, 3.63) is 42.2 Å². The summed E-state index contributed by atoms with van der Waals surface area (Å²) in [5, 5.41) is 0.910. The van der Waals surface area contributed by atoms with Crippen LogP contribution >= 0.6 is 11.8 Å². The monoisotopic (exact) mass is 233 g/mol. The first-order valence-electron chi connectivity index (χ1n) is 5.32. The van der Waals surface area contributed by atoms with E-state index in [4.69, 9.17) is 5.73 Å². The average molecular weight is 233 g/mol. The lowest BCUT2D eigenvalue weighted by molar-refractivity contribution is 0.698. The van der Waals surface area contributed by atoms with Crippen molar-refractivity contribution in [1.29, 1.82) is 0 Å². The average Bonchev–Trinajstić information content (AvgIpc) is 2.82. The van der Waals surface area contributed by atoms with Crippen LogP contribution in [0.5, 0.6) is 0 Å². The highest BCUT2D eigenvalue weighted by molar-refractivity contribution is 7.99. The molecule has 1 heterocycles. The van der Waals surface area contributed by atoms with Gasteiger partial charge in [0, 0.05) is 23.3 Å². The van der Waals surface area contributed by atoms with Crippen molar-refractivity contribution in [2.24, 2.45) is 5.73 Å². The van der Waals surface area contributed by atoms with Gasteiger partial charge in [-0.25, -0.2) is 4.98 Å². The van der Waals surface area contributed by atoms with Gasteiger partial charge in [-0.15, -0.1) is 0 Å². The normalized spacial score (nSPS) is 12.6. The van der Waals surface area contributed by atoms with Crippen molar-refractivity contribution in [3.63, 3.8) is 0 Å². The second-order valence-electron chi connectivity index (χ2n) is 3.58. The van der Waals surface area contributed by atoms with Gasteiger partial charge in [-0.05, 0) is 24.1 Å². The molecule has 4 heteroatoms. The summed E-state index contributed by atoms with van der Waals surface area (Å²) in [6.45, 7) is 2.09. The van der Waals surface area contributed by atoms with Crippen LogP contribution in [0.25, 0.3) is 0 Å². The molecule has 2 aromatic rings. The molecule has 0 saturated heterocycles. The van der Waals surface area contributed by atoms with Gasteiger partial charge in [0.1, 0.15) is 0 Å². The number of benzene rings is 1. The maximum Gasteiger partial charge on any atom is 0.170 e. The van der Waals surface area contributed by atoms with Crippen LogP contribution in [0.2, 0.25) is 0 Å². The van der Waals surface area contributed by atoms with E-state index in [9.17, 15) is 0 Å². The zero-order chi connectivity index (χ0) is 11.4. The zero-order valence-corrected chi connectivity index (χ0v) is 10.00. The van der Waals surface area contributed by atoms with Crippen LogP contribution in [0.15, 0.2) is 46.7 Å². The minimum Gasteiger partial charge on any atom is -0.339 e. The van der Waals surface area contributed by atoms with Crippen molar-refractivity contribution in [3.8, 4) is 0 Å². The Bertz CT molecular complexity index is 422. The maximum atomic E-state index is 5.96. The lowest BCUT2D eigenvalue weighted by Gasteiger charge is -2.09. The first kappa shape index (κ1) is 11.2. The first-order chi connectivity index (χ1) is 7.79. The summed E-state index contributed by atoms with van der Waals surface area (Å²) in [6, 6.07) is 8.47. The second kappa shape index (κ2) is 5.18. The summed E-state index contributed by atoms with van der Waals surface area (Å²) in [7, 11) is 0. The standard InChI is InChI=1S/C12H15N3S/c1-2-11(13)9-3-5-10(6-4-9)16-12-14-7-8-15-12/h3-8,11H,2,13H2,1H3,(H,14,15)/t11-/m1/s1. The van der Waals surface area contributed by atoms with Gasteiger partial charge in [0.2, 0.25) is 0 Å². The molecule has 3 nitrogen and oxygen atoms in total. The fourth-order valence-corrected chi connectivity index (χ4v) is 2.17. The highest BCUT2D eigenvalue weighted by atomic mass is 32.2. The molecule has 0 bridgehead atoms. The number of imidazole rings is 1. The molecule has 0 aliphatic rings. The van der Waals surface area contributed by atoms with Gasteiger partial charge in [-0.3, -0.25) is 0 Å². The fraction of sp³-hybridized carbons (Fsp3) is 0.250. The Hall–Kier alpha value is -1.26. The summed E-state index contributed by atoms with van der Waals surface area (Å²) >= 11 is 1.61. The number of nitrogens with one attached hydrogen (secondary N) is 1. The number of H-pyrrole nitrogens is 1. The van der Waals surface area contributed by atoms with E-state index in [1.807, 2.05) is 6.20 Å². The van der Waals surface area contributed by atoms with Crippen LogP contribution in [-0.4, -0.2) is 9.97 Å². The predicted octanol–water partition coefficient (Wildman–Crippen LogP) is 2.97. The Balaban J connectivity index is 2.07.